The quantitative estimate of drug-likeness (QED) is 0.774. The van der Waals surface area contributed by atoms with Gasteiger partial charge in [0.1, 0.15) is 5.82 Å². The molecule has 0 radical (unpaired) electrons. The second-order valence-electron chi connectivity index (χ2n) is 5.83. The fraction of sp³-hybridized carbons (Fsp3) is 0.222. The molecule has 1 aromatic heterocycles. The van der Waals surface area contributed by atoms with Crippen LogP contribution < -0.4 is 10.6 Å². The lowest BCUT2D eigenvalue weighted by molar-refractivity contribution is 0.100. The maximum Gasteiger partial charge on any atom is 0.248 e. The van der Waals surface area contributed by atoms with E-state index >= 15 is 0 Å². The Morgan fingerprint density at radius 2 is 1.88 bits per heavy atom. The molecule has 4 rings (SSSR count). The standard InChI is InChI=1S/C18H18N4O2/c19-17(23)13-3-6-15-16(11-13)21-18(20-15)12-1-4-14(5-2-12)22-7-9-24-10-8-22/h1-6,11H,7-10H2,(H2,19,23)(H,20,21). The average molecular weight is 322 g/mol. The van der Waals surface area contributed by atoms with Crippen molar-refractivity contribution in [1.82, 2.24) is 9.97 Å². The third kappa shape index (κ3) is 2.72. The first kappa shape index (κ1) is 14.7. The number of aromatic amines is 1. The number of nitrogens with two attached hydrogens (primary N) is 1. The lowest BCUT2D eigenvalue weighted by atomic mass is 10.2. The molecule has 0 saturated carbocycles. The third-order valence-electron chi connectivity index (χ3n) is 4.28. The van der Waals surface area contributed by atoms with Crippen LogP contribution in [0.25, 0.3) is 22.4 Å². The minimum Gasteiger partial charge on any atom is -0.378 e. The number of benzene rings is 2. The number of nitrogens with one attached hydrogen (secondary N) is 1. The molecule has 6 heteroatoms. The second-order valence-corrected chi connectivity index (χ2v) is 5.83. The molecule has 1 amide bonds. The fourth-order valence-electron chi connectivity index (χ4n) is 2.95. The van der Waals surface area contributed by atoms with E-state index in [1.165, 1.54) is 5.69 Å². The molecule has 1 saturated heterocycles. The first-order valence-corrected chi connectivity index (χ1v) is 7.93. The Morgan fingerprint density at radius 3 is 2.58 bits per heavy atom. The van der Waals surface area contributed by atoms with Crippen LogP contribution in [0.15, 0.2) is 42.5 Å². The van der Waals surface area contributed by atoms with Crippen LogP contribution in [0, 0.1) is 0 Å². The van der Waals surface area contributed by atoms with Crippen molar-refractivity contribution in [3.8, 4) is 11.4 Å². The zero-order valence-corrected chi connectivity index (χ0v) is 13.2. The number of nitrogens with zero attached hydrogens (tertiary/aromatic N) is 2. The highest BCUT2D eigenvalue weighted by molar-refractivity contribution is 5.96. The zero-order valence-electron chi connectivity index (χ0n) is 13.2. The highest BCUT2D eigenvalue weighted by atomic mass is 16.5. The summed E-state index contributed by atoms with van der Waals surface area (Å²) < 4.78 is 5.38. The second kappa shape index (κ2) is 5.98. The summed E-state index contributed by atoms with van der Waals surface area (Å²) in [6.07, 6.45) is 0. The van der Waals surface area contributed by atoms with Crippen LogP contribution in [0.2, 0.25) is 0 Å². The van der Waals surface area contributed by atoms with Gasteiger partial charge in [-0.2, -0.15) is 0 Å². The van der Waals surface area contributed by atoms with E-state index < -0.39 is 5.91 Å². The maximum absolute atomic E-state index is 11.3. The van der Waals surface area contributed by atoms with Crippen LogP contribution >= 0.6 is 0 Å². The van der Waals surface area contributed by atoms with Gasteiger partial charge in [-0.05, 0) is 42.5 Å². The Hall–Kier alpha value is -2.86. The number of hydrogen-bond donors (Lipinski definition) is 2. The number of imidazole rings is 1. The van der Waals surface area contributed by atoms with Gasteiger partial charge in [0.05, 0.1) is 24.2 Å². The smallest absolute Gasteiger partial charge is 0.248 e. The molecule has 3 aromatic rings. The van der Waals surface area contributed by atoms with Gasteiger partial charge in [-0.1, -0.05) is 0 Å². The molecule has 2 heterocycles. The highest BCUT2D eigenvalue weighted by Gasteiger charge is 2.12. The van der Waals surface area contributed by atoms with Crippen molar-refractivity contribution in [1.29, 1.82) is 0 Å². The van der Waals surface area contributed by atoms with Gasteiger partial charge in [-0.25, -0.2) is 4.98 Å². The summed E-state index contributed by atoms with van der Waals surface area (Å²) in [5.41, 5.74) is 9.61. The van der Waals surface area contributed by atoms with Crippen LogP contribution in [0.3, 0.4) is 0 Å². The van der Waals surface area contributed by atoms with E-state index in [1.54, 1.807) is 18.2 Å². The molecule has 0 spiro atoms. The number of carbonyl (C=O) groups excluding carboxylic acids is 1. The van der Waals surface area contributed by atoms with Crippen molar-refractivity contribution in [3.05, 3.63) is 48.0 Å². The molecule has 3 N–H and O–H groups in total. The minimum absolute atomic E-state index is 0.442. The lowest BCUT2D eigenvalue weighted by Gasteiger charge is -2.28. The first-order valence-electron chi connectivity index (χ1n) is 7.93. The summed E-state index contributed by atoms with van der Waals surface area (Å²) in [6.45, 7) is 3.38. The largest absolute Gasteiger partial charge is 0.378 e. The number of amides is 1. The van der Waals surface area contributed by atoms with Crippen LogP contribution in [-0.4, -0.2) is 42.2 Å². The average Bonchev–Trinajstić information content (AvgIpc) is 3.06. The van der Waals surface area contributed by atoms with Gasteiger partial charge in [0, 0.05) is 29.9 Å². The molecule has 1 aliphatic heterocycles. The van der Waals surface area contributed by atoms with Crippen LogP contribution in [0.5, 0.6) is 0 Å². The van der Waals surface area contributed by atoms with Gasteiger partial charge in [-0.15, -0.1) is 0 Å². The van der Waals surface area contributed by atoms with Gasteiger partial charge >= 0.3 is 0 Å². The van der Waals surface area contributed by atoms with Gasteiger partial charge in [-0.3, -0.25) is 4.79 Å². The number of primary amides is 1. The molecule has 0 bridgehead atoms. The Labute approximate surface area is 139 Å². The summed E-state index contributed by atoms with van der Waals surface area (Å²) in [5.74, 6) is 0.336. The van der Waals surface area contributed by atoms with Gasteiger partial charge in [0.25, 0.3) is 0 Å². The Bertz CT molecular complexity index is 880. The monoisotopic (exact) mass is 322 g/mol. The number of ether oxygens (including phenoxy) is 1. The highest BCUT2D eigenvalue weighted by Crippen LogP contribution is 2.24. The molecule has 1 fully saturated rings. The van der Waals surface area contributed by atoms with E-state index in [0.717, 1.165) is 48.7 Å². The van der Waals surface area contributed by atoms with Gasteiger partial charge in [0.2, 0.25) is 5.91 Å². The topological polar surface area (TPSA) is 84.2 Å². The van der Waals surface area contributed by atoms with Crippen LogP contribution in [0.1, 0.15) is 10.4 Å². The summed E-state index contributed by atoms with van der Waals surface area (Å²) in [4.78, 5) is 21.4. The van der Waals surface area contributed by atoms with Crippen molar-refractivity contribution in [2.24, 2.45) is 5.73 Å². The number of morpholine rings is 1. The van der Waals surface area contributed by atoms with Crippen molar-refractivity contribution in [2.75, 3.05) is 31.2 Å². The van der Waals surface area contributed by atoms with E-state index in [0.29, 0.717) is 5.56 Å². The third-order valence-corrected chi connectivity index (χ3v) is 4.28. The lowest BCUT2D eigenvalue weighted by Crippen LogP contribution is -2.36. The Kier molecular flexibility index (Phi) is 3.66. The van der Waals surface area contributed by atoms with Crippen LogP contribution in [0.4, 0.5) is 5.69 Å². The predicted molar refractivity (Wildman–Crippen MR) is 93.1 cm³/mol. The van der Waals surface area contributed by atoms with E-state index in [4.69, 9.17) is 10.5 Å². The van der Waals surface area contributed by atoms with Gasteiger partial charge < -0.3 is 20.4 Å². The normalized spacial score (nSPS) is 14.9. The van der Waals surface area contributed by atoms with Crippen molar-refractivity contribution in [2.45, 2.75) is 0 Å². The SMILES string of the molecule is NC(=O)c1ccc2nc(-c3ccc(N4CCOCC4)cc3)[nH]c2c1. The molecular formula is C18H18N4O2. The maximum atomic E-state index is 11.3. The van der Waals surface area contributed by atoms with Crippen molar-refractivity contribution >= 4 is 22.6 Å². The Morgan fingerprint density at radius 1 is 1.12 bits per heavy atom. The molecule has 122 valence electrons. The van der Waals surface area contributed by atoms with E-state index in [-0.39, 0.29) is 0 Å². The number of aromatic nitrogens is 2. The first-order chi connectivity index (χ1) is 11.7. The number of H-pyrrole nitrogens is 1. The number of fused-ring (bicyclic) bond motifs is 1. The van der Waals surface area contributed by atoms with E-state index in [2.05, 4.69) is 39.1 Å². The predicted octanol–water partition coefficient (Wildman–Crippen LogP) is 2.17. The Balaban J connectivity index is 1.63. The summed E-state index contributed by atoms with van der Waals surface area (Å²) >= 11 is 0. The number of anilines is 1. The molecular weight excluding hydrogens is 304 g/mol. The van der Waals surface area contributed by atoms with Crippen LogP contribution in [-0.2, 0) is 4.74 Å². The number of hydrogen-bond acceptors (Lipinski definition) is 4. The molecule has 2 aromatic carbocycles. The summed E-state index contributed by atoms with van der Waals surface area (Å²) in [7, 11) is 0. The van der Waals surface area contributed by atoms with E-state index in [9.17, 15) is 4.79 Å². The molecule has 0 atom stereocenters. The minimum atomic E-state index is -0.442. The number of rotatable bonds is 3. The molecule has 1 aliphatic rings. The molecule has 0 unspecified atom stereocenters. The van der Waals surface area contributed by atoms with Gasteiger partial charge in [0.15, 0.2) is 0 Å². The van der Waals surface area contributed by atoms with Crippen molar-refractivity contribution in [3.63, 3.8) is 0 Å². The fourth-order valence-corrected chi connectivity index (χ4v) is 2.95. The molecule has 24 heavy (non-hydrogen) atoms. The molecule has 6 nitrogen and oxygen atoms in total. The van der Waals surface area contributed by atoms with Crippen molar-refractivity contribution < 1.29 is 9.53 Å². The summed E-state index contributed by atoms with van der Waals surface area (Å²) in [5, 5.41) is 0. The summed E-state index contributed by atoms with van der Waals surface area (Å²) in [6, 6.07) is 13.5. The zero-order chi connectivity index (χ0) is 16.5. The molecule has 0 aliphatic carbocycles. The van der Waals surface area contributed by atoms with E-state index in [1.807, 2.05) is 0 Å². The number of carbonyl (C=O) groups is 1.